The van der Waals surface area contributed by atoms with Crippen LogP contribution in [0.1, 0.15) is 27.7 Å². The highest BCUT2D eigenvalue weighted by Crippen LogP contribution is 2.40. The van der Waals surface area contributed by atoms with Crippen molar-refractivity contribution >= 4 is 32.4 Å². The SMILES string of the molecule is C=C[C@@H](O[Si](C)(C)C(C)(C)C)[C@H]1CN(S(=O)(=O)CC[Si](C)(C)C)[C@@H](C(=O)OCC)[C@H]1O. The van der Waals surface area contributed by atoms with E-state index in [1.54, 1.807) is 13.0 Å². The van der Waals surface area contributed by atoms with Crippen LogP contribution in [0.15, 0.2) is 12.7 Å². The van der Waals surface area contributed by atoms with E-state index < -0.39 is 56.6 Å². The lowest BCUT2D eigenvalue weighted by molar-refractivity contribution is -0.150. The number of aliphatic hydroxyl groups is 1. The third-order valence-corrected chi connectivity index (χ3v) is 14.7. The number of carbonyl (C=O) groups excluding carboxylic acids is 1. The molecule has 0 aliphatic carbocycles. The van der Waals surface area contributed by atoms with Crippen LogP contribution in [0.25, 0.3) is 0 Å². The van der Waals surface area contributed by atoms with Crippen molar-refractivity contribution in [2.45, 2.75) is 89.8 Å². The molecule has 1 aliphatic rings. The van der Waals surface area contributed by atoms with E-state index in [1.807, 2.05) is 0 Å². The summed E-state index contributed by atoms with van der Waals surface area (Å²) in [7, 11) is -7.59. The number of aliphatic hydroxyl groups excluding tert-OH is 1. The normalized spacial score (nSPS) is 24.8. The van der Waals surface area contributed by atoms with E-state index in [-0.39, 0.29) is 23.9 Å². The molecule has 7 nitrogen and oxygen atoms in total. The summed E-state index contributed by atoms with van der Waals surface area (Å²) in [5, 5.41) is 11.0. The van der Waals surface area contributed by atoms with Gasteiger partial charge < -0.3 is 14.3 Å². The Balaban J connectivity index is 3.28. The summed E-state index contributed by atoms with van der Waals surface area (Å²) in [6, 6.07) is -0.685. The summed E-state index contributed by atoms with van der Waals surface area (Å²) in [5.74, 6) is -1.35. The van der Waals surface area contributed by atoms with Crippen molar-refractivity contribution in [3.05, 3.63) is 12.7 Å². The fraction of sp³-hybridized carbons (Fsp3) is 0.857. The zero-order valence-electron chi connectivity index (χ0n) is 20.8. The van der Waals surface area contributed by atoms with Gasteiger partial charge >= 0.3 is 5.97 Å². The first-order chi connectivity index (χ1) is 13.9. The van der Waals surface area contributed by atoms with Crippen molar-refractivity contribution in [2.24, 2.45) is 5.92 Å². The summed E-state index contributed by atoms with van der Waals surface area (Å²) < 4.78 is 39.2. The van der Waals surface area contributed by atoms with Gasteiger partial charge in [-0.05, 0) is 31.1 Å². The smallest absolute Gasteiger partial charge is 0.327 e. The molecule has 0 aromatic heterocycles. The number of carbonyl (C=O) groups is 1. The molecule has 0 spiro atoms. The fourth-order valence-electron chi connectivity index (χ4n) is 3.28. The van der Waals surface area contributed by atoms with Crippen molar-refractivity contribution in [2.75, 3.05) is 18.9 Å². The van der Waals surface area contributed by atoms with Crippen molar-refractivity contribution in [3.63, 3.8) is 0 Å². The van der Waals surface area contributed by atoms with Gasteiger partial charge in [0, 0.05) is 20.5 Å². The zero-order valence-corrected chi connectivity index (χ0v) is 23.6. The highest BCUT2D eigenvalue weighted by atomic mass is 32.2. The number of hydrogen-bond donors (Lipinski definition) is 1. The molecule has 31 heavy (non-hydrogen) atoms. The predicted molar refractivity (Wildman–Crippen MR) is 131 cm³/mol. The Hall–Kier alpha value is -0.526. The standard InChI is InChI=1S/C21H43NO6SSi2/c1-11-17(28-31(9,10)21(3,4)5)16-15-22(18(19(16)23)20(24)27-12-2)29(25,26)13-14-30(6,7)8/h11,16-19,23H,1,12-15H2,2-10H3/t16-,17-,18-,19+/m1/s1. The molecule has 4 atom stereocenters. The Bertz CT molecular complexity index is 742. The maximum atomic E-state index is 13.2. The molecule has 0 saturated carbocycles. The van der Waals surface area contributed by atoms with E-state index in [9.17, 15) is 18.3 Å². The molecule has 0 aromatic carbocycles. The van der Waals surface area contributed by atoms with E-state index in [0.717, 1.165) is 4.31 Å². The zero-order chi connectivity index (χ0) is 24.4. The lowest BCUT2D eigenvalue weighted by atomic mass is 9.96. The Kier molecular flexibility index (Phi) is 9.35. The minimum atomic E-state index is -3.76. The van der Waals surface area contributed by atoms with Gasteiger partial charge in [-0.1, -0.05) is 46.5 Å². The van der Waals surface area contributed by atoms with Crippen LogP contribution in [0, 0.1) is 5.92 Å². The number of esters is 1. The molecule has 0 amide bonds. The van der Waals surface area contributed by atoms with Crippen molar-refractivity contribution in [1.82, 2.24) is 4.31 Å². The molecule has 1 aliphatic heterocycles. The summed E-state index contributed by atoms with van der Waals surface area (Å²) in [4.78, 5) is 12.7. The van der Waals surface area contributed by atoms with Crippen molar-refractivity contribution in [3.8, 4) is 0 Å². The molecule has 0 bridgehead atoms. The molecular weight excluding hydrogens is 450 g/mol. The third-order valence-electron chi connectivity index (χ3n) is 6.35. The largest absolute Gasteiger partial charge is 0.465 e. The van der Waals surface area contributed by atoms with Gasteiger partial charge in [0.05, 0.1) is 24.6 Å². The van der Waals surface area contributed by atoms with Gasteiger partial charge in [0.25, 0.3) is 0 Å². The Morgan fingerprint density at radius 2 is 1.81 bits per heavy atom. The van der Waals surface area contributed by atoms with Crippen LogP contribution >= 0.6 is 0 Å². The lowest BCUT2D eigenvalue weighted by Crippen LogP contribution is -2.48. The van der Waals surface area contributed by atoms with E-state index in [1.165, 1.54) is 0 Å². The second-order valence-electron chi connectivity index (χ2n) is 11.1. The molecule has 10 heteroatoms. The van der Waals surface area contributed by atoms with Gasteiger partial charge in [0.15, 0.2) is 8.32 Å². The lowest BCUT2D eigenvalue weighted by Gasteiger charge is -2.40. The van der Waals surface area contributed by atoms with Crippen LogP contribution in [0.2, 0.25) is 43.8 Å². The van der Waals surface area contributed by atoms with E-state index in [2.05, 4.69) is 60.1 Å². The molecular formula is C21H43NO6SSi2. The number of nitrogens with zero attached hydrogens (tertiary/aromatic N) is 1. The Morgan fingerprint density at radius 3 is 2.23 bits per heavy atom. The number of hydrogen-bond acceptors (Lipinski definition) is 6. The number of sulfonamides is 1. The molecule has 0 aromatic rings. The molecule has 1 heterocycles. The fourth-order valence-corrected chi connectivity index (χ4v) is 9.26. The molecule has 1 rings (SSSR count). The van der Waals surface area contributed by atoms with Gasteiger partial charge in [-0.15, -0.1) is 6.58 Å². The van der Waals surface area contributed by atoms with E-state index in [4.69, 9.17) is 9.16 Å². The molecule has 1 fully saturated rings. The maximum absolute atomic E-state index is 13.2. The Labute approximate surface area is 191 Å². The highest BCUT2D eigenvalue weighted by molar-refractivity contribution is 7.89. The number of rotatable bonds is 10. The molecule has 1 saturated heterocycles. The molecule has 0 unspecified atom stereocenters. The van der Waals surface area contributed by atoms with Crippen LogP contribution in [0.3, 0.4) is 0 Å². The third kappa shape index (κ3) is 7.23. The first-order valence-electron chi connectivity index (χ1n) is 11.0. The van der Waals surface area contributed by atoms with E-state index in [0.29, 0.717) is 6.04 Å². The molecule has 0 radical (unpaired) electrons. The average Bonchev–Trinajstić information content (AvgIpc) is 2.95. The van der Waals surface area contributed by atoms with E-state index >= 15 is 0 Å². The van der Waals surface area contributed by atoms with Crippen LogP contribution in [0.5, 0.6) is 0 Å². The predicted octanol–water partition coefficient (Wildman–Crippen LogP) is 3.46. The minimum absolute atomic E-state index is 0.00396. The van der Waals surface area contributed by atoms with Gasteiger partial charge in [-0.3, -0.25) is 4.79 Å². The first-order valence-corrected chi connectivity index (χ1v) is 19.2. The summed E-state index contributed by atoms with van der Waals surface area (Å²) in [5.41, 5.74) is 0. The van der Waals surface area contributed by atoms with Crippen LogP contribution in [0.4, 0.5) is 0 Å². The van der Waals surface area contributed by atoms with Gasteiger partial charge in [-0.2, -0.15) is 4.31 Å². The molecule has 1 N–H and O–H groups in total. The first kappa shape index (κ1) is 28.5. The molecule has 182 valence electrons. The van der Waals surface area contributed by atoms with Gasteiger partial charge in [0.2, 0.25) is 10.0 Å². The Morgan fingerprint density at radius 1 is 1.26 bits per heavy atom. The monoisotopic (exact) mass is 493 g/mol. The summed E-state index contributed by atoms with van der Waals surface area (Å²) >= 11 is 0. The van der Waals surface area contributed by atoms with Crippen LogP contribution in [-0.2, 0) is 24.0 Å². The minimum Gasteiger partial charge on any atom is -0.465 e. The van der Waals surface area contributed by atoms with Gasteiger partial charge in [-0.25, -0.2) is 8.42 Å². The summed E-state index contributed by atoms with van der Waals surface area (Å²) in [6.07, 6.45) is -0.173. The number of ether oxygens (including phenoxy) is 1. The highest BCUT2D eigenvalue weighted by Gasteiger charge is 2.54. The van der Waals surface area contributed by atoms with Crippen LogP contribution < -0.4 is 0 Å². The second kappa shape index (κ2) is 10.2. The van der Waals surface area contributed by atoms with Crippen LogP contribution in [-0.4, -0.2) is 77.3 Å². The summed E-state index contributed by atoms with van der Waals surface area (Å²) in [6.45, 7) is 22.5. The maximum Gasteiger partial charge on any atom is 0.327 e. The van der Waals surface area contributed by atoms with Gasteiger partial charge in [0.1, 0.15) is 6.04 Å². The average molecular weight is 494 g/mol. The quantitative estimate of drug-likeness (QED) is 0.285. The topological polar surface area (TPSA) is 93.1 Å². The second-order valence-corrected chi connectivity index (χ2v) is 23.5. The van der Waals surface area contributed by atoms with Crippen molar-refractivity contribution in [1.29, 1.82) is 0 Å². The van der Waals surface area contributed by atoms with Crippen molar-refractivity contribution < 1.29 is 27.5 Å².